The Morgan fingerprint density at radius 3 is 2.33 bits per heavy atom. The first kappa shape index (κ1) is 30.7. The molecule has 3 aliphatic heterocycles. The van der Waals surface area contributed by atoms with Crippen molar-refractivity contribution in [3.8, 4) is 0 Å². The van der Waals surface area contributed by atoms with E-state index >= 15 is 0 Å². The minimum absolute atomic E-state index is 0.0291. The lowest BCUT2D eigenvalue weighted by Gasteiger charge is -2.41. The lowest BCUT2D eigenvalue weighted by atomic mass is 9.91. The normalized spacial score (nSPS) is 32.6. The molecular weight excluding hydrogens is 520 g/mol. The van der Waals surface area contributed by atoms with Gasteiger partial charge in [-0.15, -0.1) is 0 Å². The van der Waals surface area contributed by atoms with Crippen LogP contribution >= 0.6 is 0 Å². The van der Waals surface area contributed by atoms with Crippen LogP contribution in [-0.2, 0) is 49.3 Å². The molecule has 3 saturated heterocycles. The zero-order valence-electron chi connectivity index (χ0n) is 24.4. The van der Waals surface area contributed by atoms with Gasteiger partial charge in [-0.2, -0.15) is 0 Å². The highest BCUT2D eigenvalue weighted by atomic mass is 28.3. The molecule has 0 unspecified atom stereocenters. The van der Waals surface area contributed by atoms with Gasteiger partial charge in [0.25, 0.3) is 0 Å². The summed E-state index contributed by atoms with van der Waals surface area (Å²) in [4.78, 5) is 12.1. The molecule has 9 nitrogen and oxygen atoms in total. The number of benzene rings is 1. The van der Waals surface area contributed by atoms with E-state index in [9.17, 15) is 4.79 Å². The van der Waals surface area contributed by atoms with Gasteiger partial charge in [0.1, 0.15) is 37.3 Å². The SMILES string of the molecule is CC1(C)O[C@H]([C@@H]2O[C@@H]([C@@H](C=O)OCOCC[Si](C)(C)C)C[C@H]3OC(C)(C)O[C@@H]23)[C@@H](COCc2ccccc2)O1. The Labute approximate surface area is 233 Å². The minimum Gasteiger partial charge on any atom is -0.374 e. The Balaban J connectivity index is 1.44. The van der Waals surface area contributed by atoms with E-state index in [2.05, 4.69) is 19.6 Å². The van der Waals surface area contributed by atoms with Crippen molar-refractivity contribution in [2.75, 3.05) is 20.0 Å². The Morgan fingerprint density at radius 1 is 0.949 bits per heavy atom. The molecule has 0 radical (unpaired) electrons. The van der Waals surface area contributed by atoms with Gasteiger partial charge in [0, 0.05) is 21.1 Å². The van der Waals surface area contributed by atoms with Gasteiger partial charge >= 0.3 is 0 Å². The lowest BCUT2D eigenvalue weighted by molar-refractivity contribution is -0.225. The van der Waals surface area contributed by atoms with Crippen molar-refractivity contribution < 1.29 is 42.7 Å². The second kappa shape index (κ2) is 12.8. The zero-order valence-corrected chi connectivity index (χ0v) is 25.4. The minimum atomic E-state index is -1.22. The van der Waals surface area contributed by atoms with Gasteiger partial charge in [-0.1, -0.05) is 50.0 Å². The summed E-state index contributed by atoms with van der Waals surface area (Å²) in [5.74, 6) is -1.63. The third-order valence-electron chi connectivity index (χ3n) is 7.12. The van der Waals surface area contributed by atoms with Crippen molar-refractivity contribution in [2.45, 2.75) is 121 Å². The molecule has 3 aliphatic rings. The molecule has 0 aromatic heterocycles. The molecule has 0 saturated carbocycles. The Kier molecular flexibility index (Phi) is 10.0. The molecule has 10 heteroatoms. The standard InChI is InChI=1S/C29H46O9Si/c1-28(2)35-22-15-21(23(16-30)33-19-31-13-14-39(5,6)7)34-27(25(22)37-28)26-24(36-29(3,4)38-26)18-32-17-20-11-9-8-10-12-20/h8-12,16,21-27H,13-15,17-19H2,1-7H3/t21-,22-,23-,24-,25-,26+,27-/m1/s1. The number of hydrogen-bond acceptors (Lipinski definition) is 9. The first-order chi connectivity index (χ1) is 18.4. The molecular formula is C29H46O9Si. The quantitative estimate of drug-likeness (QED) is 0.150. The predicted molar refractivity (Wildman–Crippen MR) is 147 cm³/mol. The lowest BCUT2D eigenvalue weighted by Crippen LogP contribution is -2.57. The molecule has 3 heterocycles. The number of fused-ring (bicyclic) bond motifs is 1. The van der Waals surface area contributed by atoms with Crippen molar-refractivity contribution >= 4 is 14.4 Å². The molecule has 0 spiro atoms. The van der Waals surface area contributed by atoms with Gasteiger partial charge in [0.15, 0.2) is 17.9 Å². The summed E-state index contributed by atoms with van der Waals surface area (Å²) >= 11 is 0. The second-order valence-electron chi connectivity index (χ2n) is 12.8. The summed E-state index contributed by atoms with van der Waals surface area (Å²) in [6.07, 6.45) is -2.26. The molecule has 7 atom stereocenters. The largest absolute Gasteiger partial charge is 0.374 e. The number of carbonyl (C=O) groups is 1. The summed E-state index contributed by atoms with van der Waals surface area (Å²) in [7, 11) is -1.22. The molecule has 0 bridgehead atoms. The molecule has 220 valence electrons. The number of ether oxygens (including phenoxy) is 8. The van der Waals surface area contributed by atoms with E-state index in [-0.39, 0.29) is 12.9 Å². The van der Waals surface area contributed by atoms with Gasteiger partial charge < -0.3 is 42.7 Å². The van der Waals surface area contributed by atoms with E-state index in [0.717, 1.165) is 17.9 Å². The zero-order chi connectivity index (χ0) is 28.3. The number of aldehydes is 1. The second-order valence-corrected chi connectivity index (χ2v) is 18.4. The third-order valence-corrected chi connectivity index (χ3v) is 8.83. The molecule has 39 heavy (non-hydrogen) atoms. The van der Waals surface area contributed by atoms with Gasteiger partial charge in [-0.25, -0.2) is 0 Å². The van der Waals surface area contributed by atoms with E-state index in [1.54, 1.807) is 0 Å². The number of hydrogen-bond donors (Lipinski definition) is 0. The first-order valence-electron chi connectivity index (χ1n) is 14.0. The average Bonchev–Trinajstić information content (AvgIpc) is 3.34. The molecule has 3 fully saturated rings. The summed E-state index contributed by atoms with van der Waals surface area (Å²) in [5, 5.41) is 0. The highest BCUT2D eigenvalue weighted by Crippen LogP contribution is 2.43. The Hall–Kier alpha value is -1.21. The summed E-state index contributed by atoms with van der Waals surface area (Å²) < 4.78 is 49.3. The van der Waals surface area contributed by atoms with Gasteiger partial charge in [-0.05, 0) is 39.3 Å². The van der Waals surface area contributed by atoms with Crippen molar-refractivity contribution in [1.29, 1.82) is 0 Å². The van der Waals surface area contributed by atoms with Crippen LogP contribution in [0.1, 0.15) is 39.7 Å². The van der Waals surface area contributed by atoms with E-state index < -0.39 is 56.3 Å². The average molecular weight is 567 g/mol. The van der Waals surface area contributed by atoms with Crippen LogP contribution in [0.15, 0.2) is 30.3 Å². The van der Waals surface area contributed by atoms with Crippen LogP contribution < -0.4 is 0 Å². The predicted octanol–water partition coefficient (Wildman–Crippen LogP) is 4.30. The van der Waals surface area contributed by atoms with Crippen LogP contribution in [0.5, 0.6) is 0 Å². The van der Waals surface area contributed by atoms with Crippen LogP contribution in [0.3, 0.4) is 0 Å². The molecule has 4 rings (SSSR count). The maximum atomic E-state index is 12.1. The number of carbonyl (C=O) groups excluding carboxylic acids is 1. The highest BCUT2D eigenvalue weighted by Gasteiger charge is 2.58. The summed E-state index contributed by atoms with van der Waals surface area (Å²) in [6.45, 7) is 15.8. The van der Waals surface area contributed by atoms with Crippen LogP contribution in [0, 0.1) is 0 Å². The van der Waals surface area contributed by atoms with Crippen molar-refractivity contribution in [2.24, 2.45) is 0 Å². The molecule has 0 N–H and O–H groups in total. The van der Waals surface area contributed by atoms with Crippen molar-refractivity contribution in [3.63, 3.8) is 0 Å². The van der Waals surface area contributed by atoms with Crippen molar-refractivity contribution in [3.05, 3.63) is 35.9 Å². The molecule has 0 amide bonds. The van der Waals surface area contributed by atoms with Gasteiger partial charge in [0.05, 0.1) is 25.4 Å². The topological polar surface area (TPSA) is 90.9 Å². The van der Waals surface area contributed by atoms with E-state index in [1.165, 1.54) is 0 Å². The van der Waals surface area contributed by atoms with Crippen molar-refractivity contribution in [1.82, 2.24) is 0 Å². The maximum absolute atomic E-state index is 12.1. The van der Waals surface area contributed by atoms with Crippen LogP contribution in [-0.4, -0.2) is 88.7 Å². The van der Waals surface area contributed by atoms with Crippen LogP contribution in [0.4, 0.5) is 0 Å². The van der Waals surface area contributed by atoms with Gasteiger partial charge in [-0.3, -0.25) is 0 Å². The molecule has 1 aromatic carbocycles. The smallest absolute Gasteiger partial charge is 0.164 e. The fourth-order valence-corrected chi connectivity index (χ4v) is 6.06. The van der Waals surface area contributed by atoms with Gasteiger partial charge in [0.2, 0.25) is 0 Å². The molecule has 0 aliphatic carbocycles. The maximum Gasteiger partial charge on any atom is 0.164 e. The fourth-order valence-electron chi connectivity index (χ4n) is 5.30. The highest BCUT2D eigenvalue weighted by molar-refractivity contribution is 6.76. The van der Waals surface area contributed by atoms with E-state index in [4.69, 9.17) is 37.9 Å². The summed E-state index contributed by atoms with van der Waals surface area (Å²) in [5.41, 5.74) is 1.08. The number of rotatable bonds is 13. The molecule has 1 aromatic rings. The third kappa shape index (κ3) is 8.64. The fraction of sp³-hybridized carbons (Fsp3) is 0.759. The van der Waals surface area contributed by atoms with Crippen LogP contribution in [0.2, 0.25) is 25.7 Å². The van der Waals surface area contributed by atoms with E-state index in [0.29, 0.717) is 26.2 Å². The first-order valence-corrected chi connectivity index (χ1v) is 17.7. The van der Waals surface area contributed by atoms with Crippen LogP contribution in [0.25, 0.3) is 0 Å². The monoisotopic (exact) mass is 566 g/mol. The Morgan fingerprint density at radius 2 is 1.64 bits per heavy atom. The summed E-state index contributed by atoms with van der Waals surface area (Å²) in [6, 6.07) is 11.0. The van der Waals surface area contributed by atoms with E-state index in [1.807, 2.05) is 58.0 Å². The Bertz CT molecular complexity index is 919.